The summed E-state index contributed by atoms with van der Waals surface area (Å²) in [6.45, 7) is 1.32. The highest BCUT2D eigenvalue weighted by atomic mass is 32.1. The van der Waals surface area contributed by atoms with Crippen molar-refractivity contribution in [3.63, 3.8) is 0 Å². The number of thiazole rings is 1. The third kappa shape index (κ3) is 4.73. The Kier molecular flexibility index (Phi) is 6.61. The van der Waals surface area contributed by atoms with E-state index in [0.717, 1.165) is 30.6 Å². The number of aromatic nitrogens is 1. The van der Waals surface area contributed by atoms with Gasteiger partial charge in [-0.3, -0.25) is 19.3 Å². The largest absolute Gasteiger partial charge is 0.368 e. The summed E-state index contributed by atoms with van der Waals surface area (Å²) < 4.78 is 14.1. The van der Waals surface area contributed by atoms with E-state index in [0.29, 0.717) is 18.5 Å². The van der Waals surface area contributed by atoms with Gasteiger partial charge in [-0.1, -0.05) is 31.4 Å². The molecule has 0 radical (unpaired) electrons. The minimum absolute atomic E-state index is 0.105. The average Bonchev–Trinajstić information content (AvgIpc) is 3.17. The zero-order valence-electron chi connectivity index (χ0n) is 16.6. The predicted molar refractivity (Wildman–Crippen MR) is 114 cm³/mol. The predicted octanol–water partition coefficient (Wildman–Crippen LogP) is 3.28. The van der Waals surface area contributed by atoms with E-state index < -0.39 is 23.2 Å². The van der Waals surface area contributed by atoms with E-state index in [1.165, 1.54) is 42.2 Å². The number of primary amides is 1. The fraction of sp³-hybridized carbons (Fsp3) is 0.333. The summed E-state index contributed by atoms with van der Waals surface area (Å²) in [5.74, 6) is -1.89. The van der Waals surface area contributed by atoms with Gasteiger partial charge in [0.05, 0.1) is 11.4 Å². The Balaban J connectivity index is 1.75. The number of carbonyl (C=O) groups is 3. The van der Waals surface area contributed by atoms with Crippen molar-refractivity contribution in [2.75, 3.05) is 4.90 Å². The number of hydrogen-bond donors (Lipinski definition) is 2. The highest BCUT2D eigenvalue weighted by molar-refractivity contribution is 7.14. The van der Waals surface area contributed by atoms with Crippen LogP contribution in [0.25, 0.3) is 6.08 Å². The number of para-hydroxylation sites is 1. The van der Waals surface area contributed by atoms with Gasteiger partial charge in [-0.15, -0.1) is 11.3 Å². The van der Waals surface area contributed by atoms with E-state index in [-0.39, 0.29) is 16.7 Å². The van der Waals surface area contributed by atoms with Gasteiger partial charge in [-0.2, -0.15) is 0 Å². The fourth-order valence-corrected chi connectivity index (χ4v) is 4.37. The number of nitrogens with zero attached hydrogens (tertiary/aromatic N) is 2. The molecule has 0 saturated heterocycles. The van der Waals surface area contributed by atoms with Crippen LogP contribution in [0.2, 0.25) is 0 Å². The van der Waals surface area contributed by atoms with Gasteiger partial charge >= 0.3 is 0 Å². The van der Waals surface area contributed by atoms with Crippen molar-refractivity contribution in [1.82, 2.24) is 10.3 Å². The minimum atomic E-state index is -1.01. The molecule has 1 aliphatic carbocycles. The lowest BCUT2D eigenvalue weighted by Gasteiger charge is -2.34. The summed E-state index contributed by atoms with van der Waals surface area (Å²) >= 11 is 1.15. The standard InChI is InChI=1S/C21H23FN4O3S/c1-14(27)26(17-8-4-3-7-16(17)22)20-24-15(13-30-20)9-10-18(28)25-21(19(23)29)11-5-2-6-12-21/h3-4,7-10,13H,2,5-6,11-12H2,1H3,(H2,23,29)(H,25,28)/b10-9+. The van der Waals surface area contributed by atoms with Crippen LogP contribution in [-0.4, -0.2) is 28.2 Å². The Morgan fingerprint density at radius 2 is 1.93 bits per heavy atom. The first kappa shape index (κ1) is 21.6. The molecule has 30 heavy (non-hydrogen) atoms. The van der Waals surface area contributed by atoms with E-state index in [9.17, 15) is 18.8 Å². The molecule has 3 amide bonds. The van der Waals surface area contributed by atoms with Crippen molar-refractivity contribution in [3.05, 3.63) is 47.2 Å². The molecule has 0 bridgehead atoms. The maximum absolute atomic E-state index is 14.1. The van der Waals surface area contributed by atoms with Crippen molar-refractivity contribution in [2.45, 2.75) is 44.6 Å². The highest BCUT2D eigenvalue weighted by Crippen LogP contribution is 2.31. The molecule has 3 rings (SSSR count). The van der Waals surface area contributed by atoms with Crippen molar-refractivity contribution in [3.8, 4) is 0 Å². The van der Waals surface area contributed by atoms with Crippen molar-refractivity contribution in [1.29, 1.82) is 0 Å². The first-order valence-corrected chi connectivity index (χ1v) is 10.5. The molecule has 0 spiro atoms. The van der Waals surface area contributed by atoms with Crippen LogP contribution in [-0.2, 0) is 14.4 Å². The number of nitrogens with two attached hydrogens (primary N) is 1. The van der Waals surface area contributed by atoms with Gasteiger partial charge in [0.1, 0.15) is 11.4 Å². The smallest absolute Gasteiger partial charge is 0.244 e. The second kappa shape index (κ2) is 9.17. The summed E-state index contributed by atoms with van der Waals surface area (Å²) in [4.78, 5) is 41.9. The third-order valence-corrected chi connectivity index (χ3v) is 5.90. The van der Waals surface area contributed by atoms with Crippen molar-refractivity contribution in [2.24, 2.45) is 5.73 Å². The number of hydrogen-bond acceptors (Lipinski definition) is 5. The van der Waals surface area contributed by atoms with Crippen molar-refractivity contribution < 1.29 is 18.8 Å². The van der Waals surface area contributed by atoms with Crippen LogP contribution >= 0.6 is 11.3 Å². The number of rotatable bonds is 6. The van der Waals surface area contributed by atoms with Gasteiger partial charge in [0, 0.05) is 18.4 Å². The molecule has 0 unspecified atom stereocenters. The molecule has 0 atom stereocenters. The average molecular weight is 431 g/mol. The second-order valence-electron chi connectivity index (χ2n) is 7.19. The van der Waals surface area contributed by atoms with Gasteiger partial charge in [0.25, 0.3) is 0 Å². The molecule has 3 N–H and O–H groups in total. The summed E-state index contributed by atoms with van der Waals surface area (Å²) in [5.41, 5.74) is 5.06. The highest BCUT2D eigenvalue weighted by Gasteiger charge is 2.38. The number of anilines is 2. The summed E-state index contributed by atoms with van der Waals surface area (Å²) in [6.07, 6.45) is 6.49. The molecule has 1 heterocycles. The number of halogens is 1. The molecular weight excluding hydrogens is 407 g/mol. The minimum Gasteiger partial charge on any atom is -0.368 e. The Hall–Kier alpha value is -3.07. The first-order valence-electron chi connectivity index (χ1n) is 9.63. The molecule has 158 valence electrons. The maximum atomic E-state index is 14.1. The van der Waals surface area contributed by atoms with Crippen LogP contribution in [0.3, 0.4) is 0 Å². The van der Waals surface area contributed by atoms with Gasteiger partial charge in [-0.05, 0) is 31.1 Å². The van der Waals surface area contributed by atoms with E-state index in [1.54, 1.807) is 11.4 Å². The second-order valence-corrected chi connectivity index (χ2v) is 8.03. The topological polar surface area (TPSA) is 105 Å². The van der Waals surface area contributed by atoms with Crippen LogP contribution in [0.15, 0.2) is 35.7 Å². The Morgan fingerprint density at radius 1 is 1.23 bits per heavy atom. The fourth-order valence-electron chi connectivity index (χ4n) is 3.52. The molecule has 0 aliphatic heterocycles. The molecule has 1 aromatic heterocycles. The summed E-state index contributed by atoms with van der Waals surface area (Å²) in [5, 5.41) is 4.68. The van der Waals surface area contributed by atoms with Gasteiger partial charge in [-0.25, -0.2) is 9.37 Å². The number of amides is 3. The van der Waals surface area contributed by atoms with Crippen LogP contribution in [0.1, 0.15) is 44.7 Å². The SMILES string of the molecule is CC(=O)N(c1nc(/C=C/C(=O)NC2(C(N)=O)CCCCC2)cs1)c1ccccc1F. The Morgan fingerprint density at radius 3 is 2.57 bits per heavy atom. The Bertz CT molecular complexity index is 982. The first-order chi connectivity index (χ1) is 14.3. The molecule has 2 aromatic rings. The molecule has 9 heteroatoms. The van der Waals surface area contributed by atoms with Crippen LogP contribution in [0.5, 0.6) is 0 Å². The number of nitrogens with one attached hydrogen (secondary N) is 1. The zero-order chi connectivity index (χ0) is 21.7. The van der Waals surface area contributed by atoms with E-state index in [4.69, 9.17) is 5.73 Å². The monoisotopic (exact) mass is 430 g/mol. The summed E-state index contributed by atoms with van der Waals surface area (Å²) in [6, 6.07) is 5.93. The van der Waals surface area contributed by atoms with Crippen LogP contribution < -0.4 is 16.0 Å². The lowest BCUT2D eigenvalue weighted by molar-refractivity contribution is -0.130. The van der Waals surface area contributed by atoms with Crippen LogP contribution in [0.4, 0.5) is 15.2 Å². The number of benzene rings is 1. The van der Waals surface area contributed by atoms with Gasteiger partial charge < -0.3 is 11.1 Å². The van der Waals surface area contributed by atoms with Crippen LogP contribution in [0, 0.1) is 5.82 Å². The summed E-state index contributed by atoms with van der Waals surface area (Å²) in [7, 11) is 0. The Labute approximate surface area is 177 Å². The molecule has 1 fully saturated rings. The third-order valence-electron chi connectivity index (χ3n) is 5.06. The maximum Gasteiger partial charge on any atom is 0.244 e. The molecule has 1 saturated carbocycles. The normalized spacial score (nSPS) is 15.7. The molecule has 7 nitrogen and oxygen atoms in total. The molecule has 1 aromatic carbocycles. The van der Waals surface area contributed by atoms with E-state index >= 15 is 0 Å². The van der Waals surface area contributed by atoms with Gasteiger partial charge in [0.2, 0.25) is 17.7 Å². The zero-order valence-corrected chi connectivity index (χ0v) is 17.4. The van der Waals surface area contributed by atoms with E-state index in [2.05, 4.69) is 10.3 Å². The lowest BCUT2D eigenvalue weighted by Crippen LogP contribution is -2.58. The number of carbonyl (C=O) groups excluding carboxylic acids is 3. The van der Waals surface area contributed by atoms with E-state index in [1.807, 2.05) is 0 Å². The van der Waals surface area contributed by atoms with Crippen molar-refractivity contribution >= 4 is 46.0 Å². The lowest BCUT2D eigenvalue weighted by atomic mass is 9.81. The quantitative estimate of drug-likeness (QED) is 0.686. The molecule has 1 aliphatic rings. The molecular formula is C21H23FN4O3S. The van der Waals surface area contributed by atoms with Gasteiger partial charge in [0.15, 0.2) is 5.13 Å².